The minimum Gasteiger partial charge on any atom is -0.481 e. The highest BCUT2D eigenvalue weighted by molar-refractivity contribution is 5.76. The van der Waals surface area contributed by atoms with E-state index in [1.54, 1.807) is 0 Å². The molecule has 0 amide bonds. The minimum absolute atomic E-state index is 0.0226. The van der Waals surface area contributed by atoms with Crippen LogP contribution in [-0.2, 0) is 38.0 Å². The van der Waals surface area contributed by atoms with Gasteiger partial charge in [-0.05, 0) is 109 Å². The molecule has 0 bridgehead atoms. The fraction of sp³-hybridized carbons (Fsp3) is 0.915. The van der Waals surface area contributed by atoms with E-state index in [1.807, 2.05) is 0 Å². The van der Waals surface area contributed by atoms with Crippen molar-refractivity contribution in [2.75, 3.05) is 13.2 Å². The number of aliphatic hydroxyl groups is 8. The van der Waals surface area contributed by atoms with Crippen LogP contribution >= 0.6 is 0 Å². The molecule has 3 heterocycles. The normalized spacial score (nSPS) is 52.8. The van der Waals surface area contributed by atoms with Gasteiger partial charge < -0.3 is 79.5 Å². The van der Waals surface area contributed by atoms with E-state index in [9.17, 15) is 60.7 Å². The summed E-state index contributed by atoms with van der Waals surface area (Å²) in [5.41, 5.74) is -0.489. The molecule has 0 spiro atoms. The van der Waals surface area contributed by atoms with E-state index in [0.717, 1.165) is 44.9 Å². The Morgan fingerprint density at radius 1 is 0.692 bits per heavy atom. The van der Waals surface area contributed by atoms with Gasteiger partial charge in [0.05, 0.1) is 24.7 Å². The monoisotopic (exact) mass is 926 g/mol. The molecule has 3 aliphatic heterocycles. The quantitative estimate of drug-likeness (QED) is 0.116. The van der Waals surface area contributed by atoms with Gasteiger partial charge in [-0.3, -0.25) is 4.79 Å². The van der Waals surface area contributed by atoms with Crippen LogP contribution < -0.4 is 0 Å². The molecule has 8 rings (SSSR count). The summed E-state index contributed by atoms with van der Waals surface area (Å²) in [5.74, 6) is -1.95. The first-order chi connectivity index (χ1) is 30.3. The van der Waals surface area contributed by atoms with Crippen molar-refractivity contribution in [2.24, 2.45) is 50.2 Å². The molecule has 65 heavy (non-hydrogen) atoms. The van der Waals surface area contributed by atoms with Crippen LogP contribution in [0.25, 0.3) is 0 Å². The Kier molecular flexibility index (Phi) is 13.1. The smallest absolute Gasteiger partial charge is 0.335 e. The number of aliphatic carboxylic acids is 2. The number of carboxylic acid groups (broad SMARTS) is 2. The maximum atomic E-state index is 13.2. The Labute approximate surface area is 380 Å². The van der Waals surface area contributed by atoms with Crippen molar-refractivity contribution in [3.8, 4) is 0 Å². The van der Waals surface area contributed by atoms with Crippen molar-refractivity contribution in [1.82, 2.24) is 0 Å². The summed E-state index contributed by atoms with van der Waals surface area (Å²) in [7, 11) is 0. The van der Waals surface area contributed by atoms with Gasteiger partial charge in [0, 0.05) is 0 Å². The number of hydrogen-bond donors (Lipinski definition) is 10. The third-order valence-corrected chi connectivity index (χ3v) is 18.9. The van der Waals surface area contributed by atoms with Gasteiger partial charge >= 0.3 is 11.9 Å². The second-order valence-corrected chi connectivity index (χ2v) is 23.1. The molecule has 8 aliphatic rings. The maximum Gasteiger partial charge on any atom is 0.335 e. The van der Waals surface area contributed by atoms with Crippen LogP contribution in [0.15, 0.2) is 11.6 Å². The molecular weight excluding hydrogens is 852 g/mol. The standard InChI is InChI=1S/C47H74O18/c1-42(2)14-16-47(41(58)59)17-15-45(6)21(22(47)18-42)8-9-26-44(5)12-11-27(43(3,4)25(44)10-13-46(26,45)7)62-40-36(65-39-32(54)30(52)29(51)24(19-48)61-39)34(33(55)35(64-40)37(56)57)63-38-31(53)28(50)23(49)20-60-38/h8,22-36,38-40,48-55H,9-20H2,1-7H3,(H,56,57)(H,58,59)/t22-,23+,24+,25-,26+,27-,28-,29+,30-,31+,32+,33-,34-,35-,36+,38-,39-,40+,44-,45+,46+,47-/m0/s1. The predicted octanol–water partition coefficient (Wildman–Crippen LogP) is 1.44. The zero-order valence-corrected chi connectivity index (χ0v) is 38.7. The van der Waals surface area contributed by atoms with E-state index in [-0.39, 0.29) is 39.4 Å². The molecule has 0 aromatic rings. The molecule has 10 N–H and O–H groups in total. The van der Waals surface area contributed by atoms with Crippen molar-refractivity contribution in [3.05, 3.63) is 11.6 Å². The van der Waals surface area contributed by atoms with Crippen LogP contribution in [0.2, 0.25) is 0 Å². The van der Waals surface area contributed by atoms with Crippen molar-refractivity contribution in [2.45, 2.75) is 205 Å². The summed E-state index contributed by atoms with van der Waals surface area (Å²) in [6.45, 7) is 14.7. The number of allylic oxidation sites excluding steroid dienone is 2. The number of ether oxygens (including phenoxy) is 6. The molecular formula is C47H74O18. The first-order valence-corrected chi connectivity index (χ1v) is 23.7. The van der Waals surface area contributed by atoms with Gasteiger partial charge in [-0.2, -0.15) is 0 Å². The number of aliphatic hydroxyl groups excluding tert-OH is 8. The highest BCUT2D eigenvalue weighted by Gasteiger charge is 2.70. The summed E-state index contributed by atoms with van der Waals surface area (Å²) in [6.07, 6.45) is -15.3. The van der Waals surface area contributed by atoms with E-state index in [1.165, 1.54) is 5.57 Å². The van der Waals surface area contributed by atoms with Crippen LogP contribution in [0.3, 0.4) is 0 Å². The first kappa shape index (κ1) is 49.5. The molecule has 22 atom stereocenters. The molecule has 5 aliphatic carbocycles. The summed E-state index contributed by atoms with van der Waals surface area (Å²) in [4.78, 5) is 25.9. The summed E-state index contributed by atoms with van der Waals surface area (Å²) in [5, 5.41) is 106. The maximum absolute atomic E-state index is 13.2. The van der Waals surface area contributed by atoms with Crippen molar-refractivity contribution in [3.63, 3.8) is 0 Å². The Morgan fingerprint density at radius 3 is 2.02 bits per heavy atom. The Hall–Kier alpha value is -1.88. The molecule has 4 saturated carbocycles. The summed E-state index contributed by atoms with van der Waals surface area (Å²) >= 11 is 0. The van der Waals surface area contributed by atoms with E-state index in [0.29, 0.717) is 19.3 Å². The second kappa shape index (κ2) is 17.2. The second-order valence-electron chi connectivity index (χ2n) is 23.1. The molecule has 0 aromatic heterocycles. The Bertz CT molecular complexity index is 1820. The lowest BCUT2D eigenvalue weighted by Gasteiger charge is -2.71. The van der Waals surface area contributed by atoms with Gasteiger partial charge in [-0.15, -0.1) is 0 Å². The van der Waals surface area contributed by atoms with E-state index >= 15 is 0 Å². The van der Waals surface area contributed by atoms with Crippen LogP contribution in [-0.4, -0.2) is 168 Å². The van der Waals surface area contributed by atoms with Crippen LogP contribution in [0.5, 0.6) is 0 Å². The molecule has 0 radical (unpaired) electrons. The average Bonchev–Trinajstić information content (AvgIpc) is 3.23. The summed E-state index contributed by atoms with van der Waals surface area (Å²) < 4.78 is 36.3. The zero-order valence-electron chi connectivity index (χ0n) is 38.7. The Balaban J connectivity index is 1.10. The van der Waals surface area contributed by atoms with Gasteiger partial charge in [0.1, 0.15) is 61.0 Å². The fourth-order valence-electron chi connectivity index (χ4n) is 14.8. The zero-order chi connectivity index (χ0) is 47.6. The summed E-state index contributed by atoms with van der Waals surface area (Å²) in [6, 6.07) is 0. The van der Waals surface area contributed by atoms with Gasteiger partial charge in [0.15, 0.2) is 25.0 Å². The SMILES string of the molecule is CC1(C)CC[C@]2(C(=O)O)CC[C@]3(C)C(=CC[C@@H]4[C@@]5(C)CC[C@H](O[C@@H]6O[C@H](C(=O)O)[C@@H](O)[C@H](O[C@@H]7OC[C@@H](O)[C@H](O)[C@H]7O)[C@H]6O[C@@H]6O[C@H](CO)[C@@H](O)[C@H](O)[C@H]6O)C(C)(C)[C@@H]5CC[C@]43C)[C@@H]2C1. The lowest BCUT2D eigenvalue weighted by atomic mass is 9.33. The van der Waals surface area contributed by atoms with E-state index in [4.69, 9.17) is 28.4 Å². The van der Waals surface area contributed by atoms with Crippen LogP contribution in [0.1, 0.15) is 113 Å². The molecule has 370 valence electrons. The van der Waals surface area contributed by atoms with Gasteiger partial charge in [0.25, 0.3) is 0 Å². The molecule has 18 nitrogen and oxygen atoms in total. The van der Waals surface area contributed by atoms with Gasteiger partial charge in [0.2, 0.25) is 0 Å². The van der Waals surface area contributed by atoms with Crippen molar-refractivity contribution >= 4 is 11.9 Å². The van der Waals surface area contributed by atoms with E-state index in [2.05, 4.69) is 54.5 Å². The van der Waals surface area contributed by atoms with Crippen molar-refractivity contribution < 1.29 is 89.1 Å². The predicted molar refractivity (Wildman–Crippen MR) is 225 cm³/mol. The molecule has 3 saturated heterocycles. The minimum atomic E-state index is -2.05. The largest absolute Gasteiger partial charge is 0.481 e. The van der Waals surface area contributed by atoms with Gasteiger partial charge in [-0.1, -0.05) is 60.1 Å². The lowest BCUT2D eigenvalue weighted by molar-refractivity contribution is -0.392. The van der Waals surface area contributed by atoms with Gasteiger partial charge in [-0.25, -0.2) is 4.79 Å². The first-order valence-electron chi connectivity index (χ1n) is 23.7. The fourth-order valence-corrected chi connectivity index (χ4v) is 14.8. The Morgan fingerprint density at radius 2 is 1.35 bits per heavy atom. The molecule has 18 heteroatoms. The number of hydrogen-bond acceptors (Lipinski definition) is 16. The van der Waals surface area contributed by atoms with Crippen molar-refractivity contribution in [1.29, 1.82) is 0 Å². The number of carboxylic acids is 2. The number of carbonyl (C=O) groups is 2. The van der Waals surface area contributed by atoms with E-state index < -0.39 is 128 Å². The lowest BCUT2D eigenvalue weighted by Crippen LogP contribution is -2.68. The molecule has 0 unspecified atom stereocenters. The molecule has 7 fully saturated rings. The molecule has 0 aromatic carbocycles. The average molecular weight is 927 g/mol. The third kappa shape index (κ3) is 7.76. The van der Waals surface area contributed by atoms with Crippen LogP contribution in [0.4, 0.5) is 0 Å². The highest BCUT2D eigenvalue weighted by atomic mass is 16.8. The topological polar surface area (TPSA) is 292 Å². The number of fused-ring (bicyclic) bond motifs is 7. The third-order valence-electron chi connectivity index (χ3n) is 18.9. The number of rotatable bonds is 9. The van der Waals surface area contributed by atoms with Crippen LogP contribution in [0, 0.1) is 50.2 Å². The highest BCUT2D eigenvalue weighted by Crippen LogP contribution is 2.76.